The SMILES string of the molecule is Brc1cnc(NCCOCC2CCCO2)nc1. The van der Waals surface area contributed by atoms with E-state index in [2.05, 4.69) is 31.2 Å². The Morgan fingerprint density at radius 3 is 3.00 bits per heavy atom. The Balaban J connectivity index is 1.55. The summed E-state index contributed by atoms with van der Waals surface area (Å²) in [4.78, 5) is 8.21. The molecule has 5 nitrogen and oxygen atoms in total. The lowest BCUT2D eigenvalue weighted by Gasteiger charge is -2.10. The second-order valence-electron chi connectivity index (χ2n) is 3.86. The van der Waals surface area contributed by atoms with E-state index >= 15 is 0 Å². The predicted molar refractivity (Wildman–Crippen MR) is 68.0 cm³/mol. The maximum absolute atomic E-state index is 5.51. The highest BCUT2D eigenvalue weighted by molar-refractivity contribution is 9.10. The topological polar surface area (TPSA) is 56.3 Å². The van der Waals surface area contributed by atoms with Gasteiger partial charge in [0.25, 0.3) is 0 Å². The van der Waals surface area contributed by atoms with Crippen LogP contribution in [-0.4, -0.2) is 42.4 Å². The number of nitrogens with one attached hydrogen (secondary N) is 1. The van der Waals surface area contributed by atoms with E-state index in [0.717, 1.165) is 23.9 Å². The third kappa shape index (κ3) is 4.57. The van der Waals surface area contributed by atoms with Gasteiger partial charge in [0, 0.05) is 25.5 Å². The second kappa shape index (κ2) is 6.88. The molecule has 2 heterocycles. The summed E-state index contributed by atoms with van der Waals surface area (Å²) >= 11 is 3.28. The van der Waals surface area contributed by atoms with Gasteiger partial charge >= 0.3 is 0 Å². The number of hydrogen-bond acceptors (Lipinski definition) is 5. The van der Waals surface area contributed by atoms with Gasteiger partial charge in [0.1, 0.15) is 0 Å². The quantitative estimate of drug-likeness (QED) is 0.813. The summed E-state index contributed by atoms with van der Waals surface area (Å²) in [6.45, 7) is 2.90. The molecule has 0 spiro atoms. The van der Waals surface area contributed by atoms with Gasteiger partial charge in [-0.1, -0.05) is 0 Å². The minimum Gasteiger partial charge on any atom is -0.377 e. The summed E-state index contributed by atoms with van der Waals surface area (Å²) in [6, 6.07) is 0. The molecule has 6 heteroatoms. The van der Waals surface area contributed by atoms with E-state index < -0.39 is 0 Å². The number of nitrogens with zero attached hydrogens (tertiary/aromatic N) is 2. The molecule has 0 radical (unpaired) electrons. The van der Waals surface area contributed by atoms with Crippen LogP contribution < -0.4 is 5.32 Å². The zero-order valence-electron chi connectivity index (χ0n) is 9.56. The first kappa shape index (κ1) is 12.7. The fourth-order valence-electron chi connectivity index (χ4n) is 1.63. The predicted octanol–water partition coefficient (Wildman–Crippen LogP) is 1.85. The number of hydrogen-bond donors (Lipinski definition) is 1. The molecule has 0 saturated carbocycles. The smallest absolute Gasteiger partial charge is 0.222 e. The maximum Gasteiger partial charge on any atom is 0.222 e. The number of rotatable bonds is 6. The summed E-state index contributed by atoms with van der Waals surface area (Å²) in [6.07, 6.45) is 5.98. The Labute approximate surface area is 109 Å². The standard InChI is InChI=1S/C11H16BrN3O2/c12-9-6-14-11(15-7-9)13-3-5-16-8-10-2-1-4-17-10/h6-7,10H,1-5,8H2,(H,13,14,15). The third-order valence-corrected chi connectivity index (χ3v) is 2.89. The summed E-state index contributed by atoms with van der Waals surface area (Å²) in [5.74, 6) is 0.619. The normalized spacial score (nSPS) is 19.5. The van der Waals surface area contributed by atoms with Gasteiger partial charge in [-0.15, -0.1) is 0 Å². The summed E-state index contributed by atoms with van der Waals surface area (Å²) in [5.41, 5.74) is 0. The largest absolute Gasteiger partial charge is 0.377 e. The molecule has 1 unspecified atom stereocenters. The molecule has 1 fully saturated rings. The lowest BCUT2D eigenvalue weighted by Crippen LogP contribution is -2.18. The molecule has 1 N–H and O–H groups in total. The Hall–Kier alpha value is -0.720. The number of halogens is 1. The molecule has 0 amide bonds. The van der Waals surface area contributed by atoms with Crippen LogP contribution in [0.2, 0.25) is 0 Å². The molecule has 0 bridgehead atoms. The number of anilines is 1. The Kier molecular flexibility index (Phi) is 5.15. The van der Waals surface area contributed by atoms with Crippen molar-refractivity contribution in [1.29, 1.82) is 0 Å². The Bertz CT molecular complexity index is 328. The first-order valence-electron chi connectivity index (χ1n) is 5.75. The van der Waals surface area contributed by atoms with Crippen molar-refractivity contribution in [2.45, 2.75) is 18.9 Å². The van der Waals surface area contributed by atoms with Crippen molar-refractivity contribution in [2.24, 2.45) is 0 Å². The van der Waals surface area contributed by atoms with Crippen molar-refractivity contribution in [2.75, 3.05) is 31.7 Å². The van der Waals surface area contributed by atoms with E-state index in [9.17, 15) is 0 Å². The van der Waals surface area contributed by atoms with Crippen molar-refractivity contribution in [3.63, 3.8) is 0 Å². The molecule has 0 aromatic carbocycles. The highest BCUT2D eigenvalue weighted by Gasteiger charge is 2.14. The van der Waals surface area contributed by atoms with Gasteiger partial charge in [0.15, 0.2) is 0 Å². The molecule has 1 aromatic rings. The van der Waals surface area contributed by atoms with Gasteiger partial charge in [0.05, 0.1) is 23.8 Å². The average molecular weight is 302 g/mol. The second-order valence-corrected chi connectivity index (χ2v) is 4.78. The van der Waals surface area contributed by atoms with Crippen LogP contribution in [-0.2, 0) is 9.47 Å². The zero-order valence-corrected chi connectivity index (χ0v) is 11.1. The van der Waals surface area contributed by atoms with Gasteiger partial charge in [-0.05, 0) is 28.8 Å². The monoisotopic (exact) mass is 301 g/mol. The van der Waals surface area contributed by atoms with Crippen LogP contribution in [0, 0.1) is 0 Å². The van der Waals surface area contributed by atoms with Crippen LogP contribution in [0.4, 0.5) is 5.95 Å². The molecule has 1 saturated heterocycles. The highest BCUT2D eigenvalue weighted by atomic mass is 79.9. The van der Waals surface area contributed by atoms with Crippen molar-refractivity contribution in [3.05, 3.63) is 16.9 Å². The van der Waals surface area contributed by atoms with Gasteiger partial charge in [-0.2, -0.15) is 0 Å². The molecule has 1 aliphatic heterocycles. The van der Waals surface area contributed by atoms with E-state index in [1.165, 1.54) is 0 Å². The van der Waals surface area contributed by atoms with E-state index in [0.29, 0.717) is 31.8 Å². The fraction of sp³-hybridized carbons (Fsp3) is 0.636. The molecule has 17 heavy (non-hydrogen) atoms. The summed E-state index contributed by atoms with van der Waals surface area (Å²) < 4.78 is 11.8. The van der Waals surface area contributed by atoms with Gasteiger partial charge in [-0.25, -0.2) is 9.97 Å². The molecule has 94 valence electrons. The molecule has 1 atom stereocenters. The Morgan fingerprint density at radius 2 is 2.29 bits per heavy atom. The van der Waals surface area contributed by atoms with E-state index in [1.807, 2.05) is 0 Å². The molecule has 1 aromatic heterocycles. The van der Waals surface area contributed by atoms with Crippen molar-refractivity contribution in [3.8, 4) is 0 Å². The van der Waals surface area contributed by atoms with Crippen molar-refractivity contribution in [1.82, 2.24) is 9.97 Å². The molecular weight excluding hydrogens is 286 g/mol. The molecule has 2 rings (SSSR count). The number of ether oxygens (including phenoxy) is 2. The molecule has 0 aliphatic carbocycles. The van der Waals surface area contributed by atoms with Crippen molar-refractivity contribution < 1.29 is 9.47 Å². The van der Waals surface area contributed by atoms with Crippen LogP contribution in [0.25, 0.3) is 0 Å². The van der Waals surface area contributed by atoms with Crippen LogP contribution in [0.15, 0.2) is 16.9 Å². The lowest BCUT2D eigenvalue weighted by molar-refractivity contribution is 0.0206. The minimum atomic E-state index is 0.291. The van der Waals surface area contributed by atoms with E-state index in [1.54, 1.807) is 12.4 Å². The van der Waals surface area contributed by atoms with Crippen LogP contribution in [0.5, 0.6) is 0 Å². The van der Waals surface area contributed by atoms with Crippen molar-refractivity contribution >= 4 is 21.9 Å². The summed E-state index contributed by atoms with van der Waals surface area (Å²) in [5, 5.41) is 3.09. The maximum atomic E-state index is 5.51. The van der Waals surface area contributed by atoms with Gasteiger partial charge < -0.3 is 14.8 Å². The fourth-order valence-corrected chi connectivity index (χ4v) is 1.83. The van der Waals surface area contributed by atoms with Gasteiger partial charge in [-0.3, -0.25) is 0 Å². The summed E-state index contributed by atoms with van der Waals surface area (Å²) in [7, 11) is 0. The molecular formula is C11H16BrN3O2. The van der Waals surface area contributed by atoms with E-state index in [4.69, 9.17) is 9.47 Å². The van der Waals surface area contributed by atoms with Gasteiger partial charge in [0.2, 0.25) is 5.95 Å². The lowest BCUT2D eigenvalue weighted by atomic mass is 10.2. The van der Waals surface area contributed by atoms with Crippen LogP contribution in [0.1, 0.15) is 12.8 Å². The van der Waals surface area contributed by atoms with E-state index in [-0.39, 0.29) is 0 Å². The number of aromatic nitrogens is 2. The minimum absolute atomic E-state index is 0.291. The first-order chi connectivity index (χ1) is 8.34. The van der Waals surface area contributed by atoms with Crippen LogP contribution >= 0.6 is 15.9 Å². The average Bonchev–Trinajstić information content (AvgIpc) is 2.84. The highest BCUT2D eigenvalue weighted by Crippen LogP contribution is 2.11. The Morgan fingerprint density at radius 1 is 1.47 bits per heavy atom. The zero-order chi connectivity index (χ0) is 11.9. The first-order valence-corrected chi connectivity index (χ1v) is 6.54. The van der Waals surface area contributed by atoms with Crippen LogP contribution in [0.3, 0.4) is 0 Å². The third-order valence-electron chi connectivity index (χ3n) is 2.48. The molecule has 1 aliphatic rings.